The van der Waals surface area contributed by atoms with E-state index in [0.29, 0.717) is 24.1 Å². The molecule has 5 nitrogen and oxygen atoms in total. The van der Waals surface area contributed by atoms with Gasteiger partial charge in [-0.3, -0.25) is 0 Å². The van der Waals surface area contributed by atoms with Crippen molar-refractivity contribution in [1.29, 1.82) is 0 Å². The molecule has 9 heteroatoms. The van der Waals surface area contributed by atoms with Gasteiger partial charge in [0, 0.05) is 11.1 Å². The lowest BCUT2D eigenvalue weighted by molar-refractivity contribution is -0.137. The van der Waals surface area contributed by atoms with Crippen LogP contribution in [0.15, 0.2) is 30.3 Å². The highest BCUT2D eigenvalue weighted by Crippen LogP contribution is 2.37. The highest BCUT2D eigenvalue weighted by Gasteiger charge is 2.32. The van der Waals surface area contributed by atoms with Gasteiger partial charge in [-0.05, 0) is 37.0 Å². The van der Waals surface area contributed by atoms with E-state index in [2.05, 4.69) is 10.2 Å². The van der Waals surface area contributed by atoms with Gasteiger partial charge in [-0.25, -0.2) is 4.79 Å². The molecule has 1 aliphatic carbocycles. The van der Waals surface area contributed by atoms with Gasteiger partial charge < -0.3 is 9.47 Å². The maximum absolute atomic E-state index is 13.0. The maximum Gasteiger partial charge on any atom is 0.508 e. The van der Waals surface area contributed by atoms with Crippen molar-refractivity contribution >= 4 is 17.8 Å². The average molecular weight is 415 g/mol. The summed E-state index contributed by atoms with van der Waals surface area (Å²) in [7, 11) is 0. The van der Waals surface area contributed by atoms with Crippen LogP contribution in [0.2, 0.25) is 0 Å². The van der Waals surface area contributed by atoms with E-state index in [4.69, 9.17) is 21.1 Å². The number of carbonyl (C=O) groups excluding carboxylic acids is 1. The van der Waals surface area contributed by atoms with Crippen LogP contribution in [0.25, 0.3) is 11.3 Å². The summed E-state index contributed by atoms with van der Waals surface area (Å²) in [6, 6.07) is 6.49. The molecule has 0 N–H and O–H groups in total. The Bertz CT molecular complexity index is 861. The lowest BCUT2D eigenvalue weighted by Gasteiger charge is -2.28. The van der Waals surface area contributed by atoms with Crippen molar-refractivity contribution in [3.05, 3.63) is 47.2 Å². The first-order valence-corrected chi connectivity index (χ1v) is 9.25. The van der Waals surface area contributed by atoms with E-state index in [1.54, 1.807) is 6.07 Å². The number of rotatable bonds is 4. The minimum atomic E-state index is -4.45. The molecule has 0 saturated carbocycles. The number of aromatic nitrogens is 2. The Hall–Kier alpha value is -2.35. The zero-order valence-corrected chi connectivity index (χ0v) is 15.8. The molecule has 1 aromatic heterocycles. The number of halogens is 4. The minimum Gasteiger partial charge on any atom is -0.433 e. The lowest BCUT2D eigenvalue weighted by Crippen LogP contribution is -2.23. The van der Waals surface area contributed by atoms with E-state index in [1.165, 1.54) is 12.1 Å². The molecule has 1 heterocycles. The SMILES string of the molecule is CC1Cc2nnc(-c3cccc(C(F)(F)F)c3)cc2C(OC(=O)OCCCl)C1. The van der Waals surface area contributed by atoms with Gasteiger partial charge in [0.2, 0.25) is 0 Å². The number of nitrogens with zero attached hydrogens (tertiary/aromatic N) is 2. The second kappa shape index (κ2) is 8.34. The van der Waals surface area contributed by atoms with Gasteiger partial charge in [-0.1, -0.05) is 19.1 Å². The van der Waals surface area contributed by atoms with Crippen molar-refractivity contribution in [3.8, 4) is 11.3 Å². The summed E-state index contributed by atoms with van der Waals surface area (Å²) in [4.78, 5) is 11.8. The quantitative estimate of drug-likeness (QED) is 0.509. The largest absolute Gasteiger partial charge is 0.508 e. The molecule has 2 atom stereocenters. The molecule has 2 aromatic rings. The van der Waals surface area contributed by atoms with Crippen molar-refractivity contribution in [2.45, 2.75) is 32.0 Å². The fourth-order valence-corrected chi connectivity index (χ4v) is 3.23. The standard InChI is InChI=1S/C19H18ClF3N2O3/c1-11-7-16-14(17(8-11)28-18(26)27-6-5-20)10-15(24-25-16)12-3-2-4-13(9-12)19(21,22)23/h2-4,9-11,17H,5-8H2,1H3. The highest BCUT2D eigenvalue weighted by atomic mass is 35.5. The smallest absolute Gasteiger partial charge is 0.433 e. The maximum atomic E-state index is 13.0. The predicted octanol–water partition coefficient (Wildman–Crippen LogP) is 5.18. The molecule has 0 fully saturated rings. The average Bonchev–Trinajstić information content (AvgIpc) is 2.65. The summed E-state index contributed by atoms with van der Waals surface area (Å²) in [6.45, 7) is 2.02. The van der Waals surface area contributed by atoms with Crippen molar-refractivity contribution in [2.24, 2.45) is 5.92 Å². The van der Waals surface area contributed by atoms with Crippen LogP contribution in [0.1, 0.15) is 36.3 Å². The number of hydrogen-bond donors (Lipinski definition) is 0. The molecular formula is C19H18ClF3N2O3. The van der Waals surface area contributed by atoms with E-state index in [9.17, 15) is 18.0 Å². The Morgan fingerprint density at radius 3 is 2.79 bits per heavy atom. The first-order chi connectivity index (χ1) is 13.3. The highest BCUT2D eigenvalue weighted by molar-refractivity contribution is 6.18. The van der Waals surface area contributed by atoms with E-state index in [1.807, 2.05) is 6.92 Å². The van der Waals surface area contributed by atoms with Crippen LogP contribution in [0, 0.1) is 5.92 Å². The fourth-order valence-electron chi connectivity index (χ4n) is 3.15. The van der Waals surface area contributed by atoms with Gasteiger partial charge >= 0.3 is 12.3 Å². The van der Waals surface area contributed by atoms with E-state index >= 15 is 0 Å². The fraction of sp³-hybridized carbons (Fsp3) is 0.421. The Labute approximate surface area is 164 Å². The molecule has 1 aromatic carbocycles. The molecule has 0 bridgehead atoms. The molecule has 0 spiro atoms. The molecule has 1 aliphatic rings. The zero-order valence-electron chi connectivity index (χ0n) is 15.0. The second-order valence-corrected chi connectivity index (χ2v) is 7.03. The van der Waals surface area contributed by atoms with Crippen LogP contribution >= 0.6 is 11.6 Å². The number of ether oxygens (including phenoxy) is 2. The van der Waals surface area contributed by atoms with Crippen molar-refractivity contribution in [1.82, 2.24) is 10.2 Å². The van der Waals surface area contributed by atoms with Crippen molar-refractivity contribution in [3.63, 3.8) is 0 Å². The monoisotopic (exact) mass is 414 g/mol. The number of benzene rings is 1. The summed E-state index contributed by atoms with van der Waals surface area (Å²) in [5.41, 5.74) is 1.08. The third-order valence-electron chi connectivity index (χ3n) is 4.43. The van der Waals surface area contributed by atoms with E-state index in [0.717, 1.165) is 12.1 Å². The van der Waals surface area contributed by atoms with Crippen LogP contribution in [0.4, 0.5) is 18.0 Å². The van der Waals surface area contributed by atoms with Crippen LogP contribution in [0.5, 0.6) is 0 Å². The molecular weight excluding hydrogens is 397 g/mol. The van der Waals surface area contributed by atoms with Gasteiger partial charge in [0.15, 0.2) is 0 Å². The third kappa shape index (κ3) is 4.73. The summed E-state index contributed by atoms with van der Waals surface area (Å²) < 4.78 is 49.2. The third-order valence-corrected chi connectivity index (χ3v) is 4.58. The summed E-state index contributed by atoms with van der Waals surface area (Å²) in [5, 5.41) is 8.25. The van der Waals surface area contributed by atoms with Gasteiger partial charge in [-0.15, -0.1) is 11.6 Å². The lowest BCUT2D eigenvalue weighted by atomic mass is 9.85. The second-order valence-electron chi connectivity index (χ2n) is 6.65. The Kier molecular flexibility index (Phi) is 6.07. The molecule has 0 radical (unpaired) electrons. The van der Waals surface area contributed by atoms with Gasteiger partial charge in [-0.2, -0.15) is 23.4 Å². The first kappa shape index (κ1) is 20.4. The summed E-state index contributed by atoms with van der Waals surface area (Å²) in [5.74, 6) is 0.352. The molecule has 28 heavy (non-hydrogen) atoms. The molecule has 150 valence electrons. The van der Waals surface area contributed by atoms with Crippen LogP contribution in [0.3, 0.4) is 0 Å². The zero-order chi connectivity index (χ0) is 20.3. The first-order valence-electron chi connectivity index (χ1n) is 8.71. The summed E-state index contributed by atoms with van der Waals surface area (Å²) in [6.07, 6.45) is -4.71. The van der Waals surface area contributed by atoms with E-state index in [-0.39, 0.29) is 29.7 Å². The predicted molar refractivity (Wildman–Crippen MR) is 95.8 cm³/mol. The molecule has 0 aliphatic heterocycles. The van der Waals surface area contributed by atoms with Crippen LogP contribution in [-0.2, 0) is 22.1 Å². The van der Waals surface area contributed by atoms with Gasteiger partial charge in [0.05, 0.1) is 22.8 Å². The Morgan fingerprint density at radius 1 is 1.29 bits per heavy atom. The van der Waals surface area contributed by atoms with Crippen LogP contribution in [-0.4, -0.2) is 28.8 Å². The number of fused-ring (bicyclic) bond motifs is 1. The number of alkyl halides is 4. The number of hydrogen-bond acceptors (Lipinski definition) is 5. The molecule has 0 saturated heterocycles. The van der Waals surface area contributed by atoms with Crippen molar-refractivity contribution in [2.75, 3.05) is 12.5 Å². The molecule has 3 rings (SSSR count). The van der Waals surface area contributed by atoms with Gasteiger partial charge in [0.1, 0.15) is 12.7 Å². The topological polar surface area (TPSA) is 61.3 Å². The van der Waals surface area contributed by atoms with Crippen LogP contribution < -0.4 is 0 Å². The number of carbonyl (C=O) groups is 1. The van der Waals surface area contributed by atoms with E-state index < -0.39 is 24.0 Å². The Morgan fingerprint density at radius 2 is 2.07 bits per heavy atom. The molecule has 2 unspecified atom stereocenters. The Balaban J connectivity index is 1.92. The minimum absolute atomic E-state index is 0.0274. The van der Waals surface area contributed by atoms with Gasteiger partial charge in [0.25, 0.3) is 0 Å². The summed E-state index contributed by atoms with van der Waals surface area (Å²) >= 11 is 5.49. The molecule has 0 amide bonds. The van der Waals surface area contributed by atoms with Crippen molar-refractivity contribution < 1.29 is 27.4 Å². The normalized spacial score (nSPS) is 19.0.